The van der Waals surface area contributed by atoms with Gasteiger partial charge in [-0.05, 0) is 23.1 Å². The lowest BCUT2D eigenvalue weighted by molar-refractivity contribution is 0.379. The molecule has 0 aromatic heterocycles. The fourth-order valence-corrected chi connectivity index (χ4v) is 1.86. The lowest BCUT2D eigenvalue weighted by Gasteiger charge is -2.12. The number of methoxy groups -OCH3 is 2. The van der Waals surface area contributed by atoms with Crippen molar-refractivity contribution in [3.63, 3.8) is 0 Å². The predicted molar refractivity (Wildman–Crippen MR) is 70.8 cm³/mol. The number of hydrogen-bond donors (Lipinski definition) is 0. The summed E-state index contributed by atoms with van der Waals surface area (Å²) >= 11 is 0. The quantitative estimate of drug-likeness (QED) is 0.488. The van der Waals surface area contributed by atoms with Crippen molar-refractivity contribution in [1.29, 1.82) is 0 Å². The second-order valence-electron chi connectivity index (χ2n) is 4.22. The Hall–Kier alpha value is -2.25. The minimum absolute atomic E-state index is 0.322. The molecule has 0 N–H and O–H groups in total. The molecule has 0 saturated heterocycles. The van der Waals surface area contributed by atoms with E-state index in [0.29, 0.717) is 13.3 Å². The fourth-order valence-electron chi connectivity index (χ4n) is 1.86. The van der Waals surface area contributed by atoms with E-state index in [-0.39, 0.29) is 5.75 Å². The molecule has 0 aliphatic heterocycles. The first kappa shape index (κ1) is 16.1. The Morgan fingerprint density at radius 1 is 0.727 bits per heavy atom. The molecule has 2 nitrogen and oxygen atoms in total. The summed E-state index contributed by atoms with van der Waals surface area (Å²) in [6.45, 7) is 0. The van der Waals surface area contributed by atoms with Crippen molar-refractivity contribution < 1.29 is 31.4 Å². The second kappa shape index (κ2) is 6.25. The highest BCUT2D eigenvalue weighted by molar-refractivity contribution is 6.67. The molecule has 2 rings (SSSR count). The first-order valence-corrected chi connectivity index (χ1v) is 5.99. The van der Waals surface area contributed by atoms with Gasteiger partial charge < -0.3 is 9.47 Å². The summed E-state index contributed by atoms with van der Waals surface area (Å²) in [5.74, 6) is -7.42. The number of halogens is 5. The molecule has 0 aliphatic rings. The van der Waals surface area contributed by atoms with Crippen LogP contribution in [0.3, 0.4) is 0 Å². The van der Waals surface area contributed by atoms with E-state index in [0.717, 1.165) is 26.4 Å². The van der Waals surface area contributed by atoms with Gasteiger partial charge in [-0.2, -0.15) is 0 Å². The molecule has 2 aromatic rings. The van der Waals surface area contributed by atoms with Crippen LogP contribution in [0.2, 0.25) is 0 Å². The molecule has 1 radical (unpaired) electrons. The Labute approximate surface area is 123 Å². The van der Waals surface area contributed by atoms with Gasteiger partial charge in [-0.25, -0.2) is 22.0 Å². The number of rotatable bonds is 4. The topological polar surface area (TPSA) is 18.5 Å². The van der Waals surface area contributed by atoms with E-state index in [4.69, 9.17) is 0 Å². The van der Waals surface area contributed by atoms with E-state index in [1.54, 1.807) is 0 Å². The van der Waals surface area contributed by atoms with Crippen LogP contribution < -0.4 is 20.4 Å². The Morgan fingerprint density at radius 2 is 1.32 bits per heavy atom. The van der Waals surface area contributed by atoms with Gasteiger partial charge in [-0.3, -0.25) is 0 Å². The summed E-state index contributed by atoms with van der Waals surface area (Å²) in [4.78, 5) is 0. The van der Waals surface area contributed by atoms with Crippen LogP contribution in [0.5, 0.6) is 11.5 Å². The maximum atomic E-state index is 14.0. The monoisotopic (exact) mass is 315 g/mol. The van der Waals surface area contributed by atoms with Gasteiger partial charge in [0.15, 0.2) is 34.8 Å². The standard InChI is InChI=1S/C14H9BF5O2/c1-21-8-4-3-6(16)10(13(8)19)15-11-12(18)7(17)5-9(22-2)14(11)20/h3-5H,1-2H3. The van der Waals surface area contributed by atoms with Crippen LogP contribution >= 0.6 is 0 Å². The average Bonchev–Trinajstić information content (AvgIpc) is 2.50. The van der Waals surface area contributed by atoms with Crippen LogP contribution in [0.25, 0.3) is 0 Å². The summed E-state index contributed by atoms with van der Waals surface area (Å²) in [7, 11) is 2.71. The van der Waals surface area contributed by atoms with Crippen LogP contribution in [0.15, 0.2) is 18.2 Å². The molecule has 0 aliphatic carbocycles. The zero-order chi connectivity index (χ0) is 16.4. The Balaban J connectivity index is 2.59. The molecule has 0 saturated carbocycles. The summed E-state index contributed by atoms with van der Waals surface area (Å²) in [5.41, 5.74) is -1.72. The number of ether oxygens (including phenoxy) is 2. The molecule has 0 heterocycles. The summed E-state index contributed by atoms with van der Waals surface area (Å²) in [6, 6.07) is 2.38. The van der Waals surface area contributed by atoms with Crippen molar-refractivity contribution in [2.45, 2.75) is 0 Å². The number of benzene rings is 2. The highest BCUT2D eigenvalue weighted by Gasteiger charge is 2.24. The summed E-state index contributed by atoms with van der Waals surface area (Å²) in [6.07, 6.45) is 0. The van der Waals surface area contributed by atoms with Gasteiger partial charge in [0.2, 0.25) is 7.28 Å². The van der Waals surface area contributed by atoms with Crippen LogP contribution in [-0.2, 0) is 0 Å². The normalized spacial score (nSPS) is 10.5. The third kappa shape index (κ3) is 2.73. The van der Waals surface area contributed by atoms with E-state index >= 15 is 0 Å². The van der Waals surface area contributed by atoms with E-state index in [1.807, 2.05) is 0 Å². The maximum absolute atomic E-state index is 14.0. The van der Waals surface area contributed by atoms with Crippen molar-refractivity contribution in [2.24, 2.45) is 0 Å². The highest BCUT2D eigenvalue weighted by Crippen LogP contribution is 2.19. The Bertz CT molecular complexity index is 721. The minimum Gasteiger partial charge on any atom is -0.494 e. The van der Waals surface area contributed by atoms with Crippen molar-refractivity contribution >= 4 is 18.2 Å². The molecule has 22 heavy (non-hydrogen) atoms. The molecule has 0 atom stereocenters. The molecule has 2 aromatic carbocycles. The first-order chi connectivity index (χ1) is 10.4. The van der Waals surface area contributed by atoms with Crippen molar-refractivity contribution in [3.8, 4) is 11.5 Å². The fraction of sp³-hybridized carbons (Fsp3) is 0.143. The molecule has 0 spiro atoms. The van der Waals surface area contributed by atoms with Gasteiger partial charge in [-0.1, -0.05) is 0 Å². The summed E-state index contributed by atoms with van der Waals surface area (Å²) in [5, 5.41) is 0. The molecule has 0 unspecified atom stereocenters. The van der Waals surface area contributed by atoms with Crippen molar-refractivity contribution in [2.75, 3.05) is 14.2 Å². The van der Waals surface area contributed by atoms with Crippen LogP contribution in [0, 0.1) is 29.1 Å². The van der Waals surface area contributed by atoms with Crippen molar-refractivity contribution in [3.05, 3.63) is 47.3 Å². The van der Waals surface area contributed by atoms with Gasteiger partial charge in [0.05, 0.1) is 14.2 Å². The molecular formula is C14H9BF5O2. The minimum atomic E-state index is -1.58. The van der Waals surface area contributed by atoms with E-state index in [2.05, 4.69) is 9.47 Å². The molecular weight excluding hydrogens is 306 g/mol. The van der Waals surface area contributed by atoms with E-state index in [9.17, 15) is 22.0 Å². The molecule has 115 valence electrons. The van der Waals surface area contributed by atoms with E-state index in [1.165, 1.54) is 0 Å². The molecule has 0 fully saturated rings. The highest BCUT2D eigenvalue weighted by atomic mass is 19.2. The predicted octanol–water partition coefficient (Wildman–Crippen LogP) is 2.05. The average molecular weight is 315 g/mol. The van der Waals surface area contributed by atoms with Crippen molar-refractivity contribution in [1.82, 2.24) is 0 Å². The molecule has 8 heteroatoms. The van der Waals surface area contributed by atoms with Crippen LogP contribution in [-0.4, -0.2) is 21.5 Å². The van der Waals surface area contributed by atoms with Gasteiger partial charge in [0, 0.05) is 6.07 Å². The third-order valence-corrected chi connectivity index (χ3v) is 2.98. The lowest BCUT2D eigenvalue weighted by Crippen LogP contribution is -2.37. The van der Waals surface area contributed by atoms with Gasteiger partial charge in [0.1, 0.15) is 5.82 Å². The zero-order valence-electron chi connectivity index (χ0n) is 11.5. The van der Waals surface area contributed by atoms with Gasteiger partial charge in [0.25, 0.3) is 0 Å². The van der Waals surface area contributed by atoms with Gasteiger partial charge >= 0.3 is 0 Å². The zero-order valence-corrected chi connectivity index (χ0v) is 11.5. The SMILES string of the molecule is COc1ccc(F)c([B]c2c(F)c(F)cc(OC)c2F)c1F. The Morgan fingerprint density at radius 3 is 1.91 bits per heavy atom. The first-order valence-electron chi connectivity index (χ1n) is 5.99. The number of hydrogen-bond acceptors (Lipinski definition) is 2. The largest absolute Gasteiger partial charge is 0.494 e. The maximum Gasteiger partial charge on any atom is 0.207 e. The smallest absolute Gasteiger partial charge is 0.207 e. The van der Waals surface area contributed by atoms with Crippen LogP contribution in [0.1, 0.15) is 0 Å². The van der Waals surface area contributed by atoms with E-state index < -0.39 is 45.8 Å². The molecule has 0 amide bonds. The Kier molecular flexibility index (Phi) is 4.58. The van der Waals surface area contributed by atoms with Gasteiger partial charge in [-0.15, -0.1) is 0 Å². The summed E-state index contributed by atoms with van der Waals surface area (Å²) < 4.78 is 78.1. The molecule has 0 bridgehead atoms. The second-order valence-corrected chi connectivity index (χ2v) is 4.22. The van der Waals surface area contributed by atoms with Crippen LogP contribution in [0.4, 0.5) is 22.0 Å². The third-order valence-electron chi connectivity index (χ3n) is 2.98. The lowest BCUT2D eigenvalue weighted by atomic mass is 9.62.